The number of nitrogens with zero attached hydrogens (tertiary/aromatic N) is 1. The van der Waals surface area contributed by atoms with Crippen molar-refractivity contribution in [2.75, 3.05) is 20.2 Å². The van der Waals surface area contributed by atoms with Gasteiger partial charge in [-0.1, -0.05) is 18.2 Å². The minimum atomic E-state index is 0.159. The molecule has 1 heterocycles. The number of nitrogens with one attached hydrogen (secondary N) is 1. The first-order valence-electron chi connectivity index (χ1n) is 8.64. The molecule has 1 fully saturated rings. The Labute approximate surface area is 143 Å². The number of hydrogen-bond donors (Lipinski definition) is 1. The summed E-state index contributed by atoms with van der Waals surface area (Å²) >= 11 is 0. The number of ether oxygens (including phenoxy) is 1. The van der Waals surface area contributed by atoms with E-state index in [1.54, 1.807) is 14.0 Å². The molecule has 0 bridgehead atoms. The van der Waals surface area contributed by atoms with E-state index in [0.29, 0.717) is 12.6 Å². The second kappa shape index (κ2) is 7.22. The molecule has 0 atom stereocenters. The molecule has 0 unspecified atom stereocenters. The average Bonchev–Trinajstić information content (AvgIpc) is 2.61. The van der Waals surface area contributed by atoms with Crippen LogP contribution in [0.4, 0.5) is 0 Å². The predicted molar refractivity (Wildman–Crippen MR) is 97.4 cm³/mol. The van der Waals surface area contributed by atoms with Gasteiger partial charge < -0.3 is 15.0 Å². The Morgan fingerprint density at radius 1 is 1.25 bits per heavy atom. The third-order valence-electron chi connectivity index (χ3n) is 5.10. The molecule has 4 heteroatoms. The van der Waals surface area contributed by atoms with Gasteiger partial charge in [0.1, 0.15) is 5.75 Å². The zero-order valence-corrected chi connectivity index (χ0v) is 14.8. The van der Waals surface area contributed by atoms with Crippen LogP contribution in [-0.4, -0.2) is 37.0 Å². The van der Waals surface area contributed by atoms with Gasteiger partial charge in [0.25, 0.3) is 0 Å². The summed E-state index contributed by atoms with van der Waals surface area (Å²) in [6.45, 7) is 6.48. The number of fused-ring (bicyclic) bond motifs is 1. The maximum atomic E-state index is 12.2. The molecule has 3 rings (SSSR count). The lowest BCUT2D eigenvalue weighted by Crippen LogP contribution is -2.45. The molecule has 4 nitrogen and oxygen atoms in total. The van der Waals surface area contributed by atoms with E-state index in [0.717, 1.165) is 31.7 Å². The van der Waals surface area contributed by atoms with Crippen molar-refractivity contribution in [1.82, 2.24) is 10.2 Å². The van der Waals surface area contributed by atoms with Crippen LogP contribution in [0.3, 0.4) is 0 Å². The van der Waals surface area contributed by atoms with E-state index in [1.807, 2.05) is 11.0 Å². The molecule has 2 aromatic carbocycles. The Hall–Kier alpha value is -2.07. The fourth-order valence-corrected chi connectivity index (χ4v) is 3.59. The van der Waals surface area contributed by atoms with Crippen molar-refractivity contribution in [3.05, 3.63) is 41.5 Å². The number of benzene rings is 2. The SMILES string of the molecule is COc1ccc2ccc(CN(C(C)=O)C3CCNCC3)c(C)c2c1. The molecular formula is C20H26N2O2. The van der Waals surface area contributed by atoms with Crippen molar-refractivity contribution < 1.29 is 9.53 Å². The van der Waals surface area contributed by atoms with E-state index < -0.39 is 0 Å². The Morgan fingerprint density at radius 3 is 2.62 bits per heavy atom. The number of carbonyl (C=O) groups is 1. The fraction of sp³-hybridized carbons (Fsp3) is 0.450. The third-order valence-corrected chi connectivity index (χ3v) is 5.10. The molecule has 1 amide bonds. The van der Waals surface area contributed by atoms with Crippen LogP contribution >= 0.6 is 0 Å². The van der Waals surface area contributed by atoms with Crippen molar-refractivity contribution in [3.63, 3.8) is 0 Å². The lowest BCUT2D eigenvalue weighted by molar-refractivity contribution is -0.132. The number of amides is 1. The van der Waals surface area contributed by atoms with E-state index in [-0.39, 0.29) is 5.91 Å². The first-order valence-corrected chi connectivity index (χ1v) is 8.64. The van der Waals surface area contributed by atoms with E-state index in [4.69, 9.17) is 4.74 Å². The summed E-state index contributed by atoms with van der Waals surface area (Å²) in [7, 11) is 1.69. The highest BCUT2D eigenvalue weighted by atomic mass is 16.5. The number of carbonyl (C=O) groups excluding carboxylic acids is 1. The van der Waals surface area contributed by atoms with Crippen molar-refractivity contribution in [3.8, 4) is 5.75 Å². The Bertz CT molecular complexity index is 736. The monoisotopic (exact) mass is 326 g/mol. The lowest BCUT2D eigenvalue weighted by Gasteiger charge is -2.34. The highest BCUT2D eigenvalue weighted by Crippen LogP contribution is 2.27. The largest absolute Gasteiger partial charge is 0.497 e. The predicted octanol–water partition coefficient (Wildman–Crippen LogP) is 3.26. The summed E-state index contributed by atoms with van der Waals surface area (Å²) in [6, 6.07) is 10.8. The van der Waals surface area contributed by atoms with Gasteiger partial charge in [-0.15, -0.1) is 0 Å². The topological polar surface area (TPSA) is 41.6 Å². The number of rotatable bonds is 4. The summed E-state index contributed by atoms with van der Waals surface area (Å²) in [6.07, 6.45) is 2.06. The molecule has 24 heavy (non-hydrogen) atoms. The Balaban J connectivity index is 1.92. The molecule has 2 aromatic rings. The van der Waals surface area contributed by atoms with E-state index in [2.05, 4.69) is 36.5 Å². The molecule has 0 aliphatic carbocycles. The van der Waals surface area contributed by atoms with Crippen LogP contribution in [0, 0.1) is 6.92 Å². The minimum absolute atomic E-state index is 0.159. The van der Waals surface area contributed by atoms with Gasteiger partial charge in [-0.3, -0.25) is 4.79 Å². The van der Waals surface area contributed by atoms with Gasteiger partial charge in [0.05, 0.1) is 7.11 Å². The van der Waals surface area contributed by atoms with Gasteiger partial charge in [0.15, 0.2) is 0 Å². The molecule has 0 saturated carbocycles. The van der Waals surface area contributed by atoms with Crippen molar-refractivity contribution >= 4 is 16.7 Å². The van der Waals surface area contributed by atoms with Crippen molar-refractivity contribution in [2.24, 2.45) is 0 Å². The van der Waals surface area contributed by atoms with Crippen molar-refractivity contribution in [1.29, 1.82) is 0 Å². The van der Waals surface area contributed by atoms with Crippen LogP contribution in [0.2, 0.25) is 0 Å². The molecule has 128 valence electrons. The van der Waals surface area contributed by atoms with Crippen molar-refractivity contribution in [2.45, 2.75) is 39.3 Å². The summed E-state index contributed by atoms with van der Waals surface area (Å²) in [5.74, 6) is 1.02. The first kappa shape index (κ1) is 16.8. The number of piperidine rings is 1. The number of aryl methyl sites for hydroxylation is 1. The molecular weight excluding hydrogens is 300 g/mol. The van der Waals surface area contributed by atoms with Crippen LogP contribution in [0.25, 0.3) is 10.8 Å². The Kier molecular flexibility index (Phi) is 5.05. The quantitative estimate of drug-likeness (QED) is 0.938. The van der Waals surface area contributed by atoms with Crippen LogP contribution < -0.4 is 10.1 Å². The summed E-state index contributed by atoms with van der Waals surface area (Å²) in [4.78, 5) is 14.2. The molecule has 0 spiro atoms. The maximum Gasteiger partial charge on any atom is 0.219 e. The second-order valence-electron chi connectivity index (χ2n) is 6.56. The van der Waals surface area contributed by atoms with Gasteiger partial charge in [-0.2, -0.15) is 0 Å². The van der Waals surface area contributed by atoms with Gasteiger partial charge in [0, 0.05) is 19.5 Å². The number of methoxy groups -OCH3 is 1. The van der Waals surface area contributed by atoms with E-state index in [1.165, 1.54) is 21.9 Å². The maximum absolute atomic E-state index is 12.2. The molecule has 1 aliphatic rings. The smallest absolute Gasteiger partial charge is 0.219 e. The average molecular weight is 326 g/mol. The van der Waals surface area contributed by atoms with E-state index >= 15 is 0 Å². The minimum Gasteiger partial charge on any atom is -0.497 e. The molecule has 1 N–H and O–H groups in total. The van der Waals surface area contributed by atoms with Crippen LogP contribution in [-0.2, 0) is 11.3 Å². The van der Waals surface area contributed by atoms with Gasteiger partial charge in [-0.25, -0.2) is 0 Å². The molecule has 0 aromatic heterocycles. The van der Waals surface area contributed by atoms with Gasteiger partial charge >= 0.3 is 0 Å². The van der Waals surface area contributed by atoms with Gasteiger partial charge in [0.2, 0.25) is 5.91 Å². The van der Waals surface area contributed by atoms with Crippen LogP contribution in [0.15, 0.2) is 30.3 Å². The lowest BCUT2D eigenvalue weighted by atomic mass is 9.98. The first-order chi connectivity index (χ1) is 11.6. The van der Waals surface area contributed by atoms with Crippen LogP contribution in [0.1, 0.15) is 30.9 Å². The number of hydrogen-bond acceptors (Lipinski definition) is 3. The standard InChI is InChI=1S/C20H26N2O2/c1-14-17(5-4-16-6-7-19(24-3)12-20(14)16)13-22(15(2)23)18-8-10-21-11-9-18/h4-7,12,18,21H,8-11,13H2,1-3H3. The summed E-state index contributed by atoms with van der Waals surface area (Å²) in [5, 5.41) is 5.77. The fourth-order valence-electron chi connectivity index (χ4n) is 3.59. The van der Waals surface area contributed by atoms with Gasteiger partial charge in [-0.05, 0) is 66.9 Å². The highest BCUT2D eigenvalue weighted by Gasteiger charge is 2.23. The normalized spacial score (nSPS) is 15.5. The summed E-state index contributed by atoms with van der Waals surface area (Å²) in [5.41, 5.74) is 2.44. The zero-order valence-electron chi connectivity index (χ0n) is 14.8. The van der Waals surface area contributed by atoms with E-state index in [9.17, 15) is 4.79 Å². The second-order valence-corrected chi connectivity index (χ2v) is 6.56. The molecule has 1 aliphatic heterocycles. The zero-order chi connectivity index (χ0) is 17.1. The molecule has 0 radical (unpaired) electrons. The summed E-state index contributed by atoms with van der Waals surface area (Å²) < 4.78 is 5.36. The molecule has 1 saturated heterocycles. The Morgan fingerprint density at radius 2 is 1.96 bits per heavy atom. The highest BCUT2D eigenvalue weighted by molar-refractivity contribution is 5.88. The third kappa shape index (κ3) is 3.39. The van der Waals surface area contributed by atoms with Crippen LogP contribution in [0.5, 0.6) is 5.75 Å².